The van der Waals surface area contributed by atoms with Crippen molar-refractivity contribution in [3.05, 3.63) is 35.5 Å². The second-order valence-corrected chi connectivity index (χ2v) is 5.65. The highest BCUT2D eigenvalue weighted by Gasteiger charge is 2.11. The van der Waals surface area contributed by atoms with Crippen molar-refractivity contribution in [3.8, 4) is 0 Å². The van der Waals surface area contributed by atoms with Crippen LogP contribution in [0, 0.1) is 0 Å². The molecule has 0 fully saturated rings. The minimum absolute atomic E-state index is 0.366. The van der Waals surface area contributed by atoms with E-state index in [1.54, 1.807) is 11.7 Å². The third kappa shape index (κ3) is 4.09. The van der Waals surface area contributed by atoms with Crippen LogP contribution in [0.2, 0.25) is 0 Å². The zero-order valence-corrected chi connectivity index (χ0v) is 13.9. The van der Waals surface area contributed by atoms with Gasteiger partial charge >= 0.3 is 0 Å². The predicted octanol–water partition coefficient (Wildman–Crippen LogP) is 1.74. The molecule has 2 aromatic heterocycles. The number of nitrogens with zero attached hydrogens (tertiary/aromatic N) is 5. The van der Waals surface area contributed by atoms with Crippen molar-refractivity contribution in [1.82, 2.24) is 25.2 Å². The standard InChI is InChI=1S/C15H24N6O/c1-11(2)14-6-13(22-19-14)8-17-15(16-3)20(4)9-12-7-18-21(5)10-12/h6-7,10-11H,8-9H2,1-5H3,(H,16,17). The van der Waals surface area contributed by atoms with E-state index in [4.69, 9.17) is 4.52 Å². The summed E-state index contributed by atoms with van der Waals surface area (Å²) in [5.41, 5.74) is 2.10. The minimum Gasteiger partial charge on any atom is -0.359 e. The van der Waals surface area contributed by atoms with Gasteiger partial charge in [0.25, 0.3) is 0 Å². The monoisotopic (exact) mass is 304 g/mol. The predicted molar refractivity (Wildman–Crippen MR) is 85.5 cm³/mol. The first-order valence-electron chi connectivity index (χ1n) is 7.34. The van der Waals surface area contributed by atoms with Crippen LogP contribution in [-0.4, -0.2) is 39.9 Å². The topological polar surface area (TPSA) is 71.5 Å². The Morgan fingerprint density at radius 2 is 2.27 bits per heavy atom. The molecule has 2 rings (SSSR count). The number of hydrogen-bond acceptors (Lipinski definition) is 4. The minimum atomic E-state index is 0.366. The van der Waals surface area contributed by atoms with Gasteiger partial charge in [-0.1, -0.05) is 19.0 Å². The molecule has 7 nitrogen and oxygen atoms in total. The maximum absolute atomic E-state index is 5.32. The molecule has 22 heavy (non-hydrogen) atoms. The van der Waals surface area contributed by atoms with Crippen LogP contribution in [-0.2, 0) is 20.1 Å². The van der Waals surface area contributed by atoms with Crippen molar-refractivity contribution in [2.75, 3.05) is 14.1 Å². The number of rotatable bonds is 5. The Balaban J connectivity index is 1.91. The molecule has 2 aromatic rings. The molecule has 0 unspecified atom stereocenters. The average molecular weight is 304 g/mol. The Morgan fingerprint density at radius 3 is 2.82 bits per heavy atom. The van der Waals surface area contributed by atoms with E-state index in [-0.39, 0.29) is 0 Å². The SMILES string of the molecule is CN=C(NCc1cc(C(C)C)no1)N(C)Cc1cnn(C)c1. The smallest absolute Gasteiger partial charge is 0.194 e. The maximum atomic E-state index is 5.32. The molecule has 0 aliphatic carbocycles. The Morgan fingerprint density at radius 1 is 1.50 bits per heavy atom. The molecule has 0 atom stereocenters. The molecule has 0 radical (unpaired) electrons. The molecule has 0 aliphatic rings. The van der Waals surface area contributed by atoms with Crippen molar-refractivity contribution < 1.29 is 4.52 Å². The lowest BCUT2D eigenvalue weighted by atomic mass is 10.1. The first-order chi connectivity index (χ1) is 10.5. The lowest BCUT2D eigenvalue weighted by Crippen LogP contribution is -2.37. The summed E-state index contributed by atoms with van der Waals surface area (Å²) < 4.78 is 7.12. The Hall–Kier alpha value is -2.31. The lowest BCUT2D eigenvalue weighted by Gasteiger charge is -2.20. The van der Waals surface area contributed by atoms with Crippen molar-refractivity contribution in [3.63, 3.8) is 0 Å². The van der Waals surface area contributed by atoms with Crippen LogP contribution >= 0.6 is 0 Å². The van der Waals surface area contributed by atoms with E-state index in [9.17, 15) is 0 Å². The van der Waals surface area contributed by atoms with Crippen LogP contribution in [0.4, 0.5) is 0 Å². The molecule has 0 saturated carbocycles. The van der Waals surface area contributed by atoms with Gasteiger partial charge in [-0.3, -0.25) is 9.67 Å². The summed E-state index contributed by atoms with van der Waals surface area (Å²) in [6.45, 7) is 5.48. The summed E-state index contributed by atoms with van der Waals surface area (Å²) in [5, 5.41) is 11.5. The molecule has 2 heterocycles. The van der Waals surface area contributed by atoms with Crippen molar-refractivity contribution in [2.24, 2.45) is 12.0 Å². The van der Waals surface area contributed by atoms with Gasteiger partial charge in [-0.05, 0) is 5.92 Å². The Bertz CT molecular complexity index is 628. The molecule has 0 bridgehead atoms. The first-order valence-corrected chi connectivity index (χ1v) is 7.34. The second kappa shape index (κ2) is 7.11. The van der Waals surface area contributed by atoms with Gasteiger partial charge in [-0.2, -0.15) is 5.10 Å². The quantitative estimate of drug-likeness (QED) is 0.673. The molecule has 0 spiro atoms. The third-order valence-electron chi connectivity index (χ3n) is 3.34. The van der Waals surface area contributed by atoms with Gasteiger partial charge < -0.3 is 14.7 Å². The van der Waals surface area contributed by atoms with E-state index in [2.05, 4.69) is 34.4 Å². The van der Waals surface area contributed by atoms with E-state index < -0.39 is 0 Å². The summed E-state index contributed by atoms with van der Waals surface area (Å²) in [5.74, 6) is 1.97. The number of aliphatic imine (C=N–C) groups is 1. The van der Waals surface area contributed by atoms with Crippen LogP contribution < -0.4 is 5.32 Å². The normalized spacial score (nSPS) is 12.0. The molecular weight excluding hydrogens is 280 g/mol. The van der Waals surface area contributed by atoms with Crippen LogP contribution in [0.5, 0.6) is 0 Å². The van der Waals surface area contributed by atoms with E-state index in [1.807, 2.05) is 37.5 Å². The fourth-order valence-corrected chi connectivity index (χ4v) is 2.14. The summed E-state index contributed by atoms with van der Waals surface area (Å²) in [6, 6.07) is 1.98. The summed E-state index contributed by atoms with van der Waals surface area (Å²) in [4.78, 5) is 6.33. The van der Waals surface area contributed by atoms with E-state index in [0.29, 0.717) is 12.5 Å². The number of aryl methyl sites for hydroxylation is 1. The van der Waals surface area contributed by atoms with Gasteiger partial charge in [0.2, 0.25) is 0 Å². The molecule has 120 valence electrons. The number of nitrogens with one attached hydrogen (secondary N) is 1. The molecule has 0 amide bonds. The van der Waals surface area contributed by atoms with Crippen molar-refractivity contribution in [1.29, 1.82) is 0 Å². The summed E-state index contributed by atoms with van der Waals surface area (Å²) >= 11 is 0. The molecule has 1 N–H and O–H groups in total. The van der Waals surface area contributed by atoms with Crippen LogP contribution in [0.15, 0.2) is 28.0 Å². The highest BCUT2D eigenvalue weighted by Crippen LogP contribution is 2.13. The molecule has 7 heteroatoms. The van der Waals surface area contributed by atoms with Gasteiger partial charge in [0.15, 0.2) is 11.7 Å². The lowest BCUT2D eigenvalue weighted by molar-refractivity contribution is 0.369. The van der Waals surface area contributed by atoms with Gasteiger partial charge in [0.05, 0.1) is 18.4 Å². The largest absolute Gasteiger partial charge is 0.359 e. The van der Waals surface area contributed by atoms with Gasteiger partial charge in [0.1, 0.15) is 0 Å². The summed E-state index contributed by atoms with van der Waals surface area (Å²) in [7, 11) is 5.66. The molecule has 0 aliphatic heterocycles. The van der Waals surface area contributed by atoms with Crippen LogP contribution in [0.1, 0.15) is 36.8 Å². The molecule has 0 aromatic carbocycles. The van der Waals surface area contributed by atoms with Crippen molar-refractivity contribution in [2.45, 2.75) is 32.9 Å². The van der Waals surface area contributed by atoms with Crippen LogP contribution in [0.25, 0.3) is 0 Å². The fraction of sp³-hybridized carbons (Fsp3) is 0.533. The Labute approximate surface area is 131 Å². The van der Waals surface area contributed by atoms with Gasteiger partial charge in [-0.15, -0.1) is 0 Å². The van der Waals surface area contributed by atoms with E-state index >= 15 is 0 Å². The van der Waals surface area contributed by atoms with E-state index in [1.165, 1.54) is 0 Å². The highest BCUT2D eigenvalue weighted by atomic mass is 16.5. The van der Waals surface area contributed by atoms with Gasteiger partial charge in [-0.25, -0.2) is 0 Å². The Kier molecular flexibility index (Phi) is 5.19. The number of aromatic nitrogens is 3. The maximum Gasteiger partial charge on any atom is 0.194 e. The third-order valence-corrected chi connectivity index (χ3v) is 3.34. The highest BCUT2D eigenvalue weighted by molar-refractivity contribution is 5.79. The first kappa shape index (κ1) is 16.1. The number of guanidine groups is 1. The second-order valence-electron chi connectivity index (χ2n) is 5.65. The van der Waals surface area contributed by atoms with Crippen molar-refractivity contribution >= 4 is 5.96 Å². The molecular formula is C15H24N6O. The molecule has 0 saturated heterocycles. The van der Waals surface area contributed by atoms with Gasteiger partial charge in [0, 0.05) is 45.5 Å². The zero-order valence-electron chi connectivity index (χ0n) is 13.9. The summed E-state index contributed by atoms with van der Waals surface area (Å²) in [6.07, 6.45) is 3.85. The average Bonchev–Trinajstić information content (AvgIpc) is 3.09. The zero-order chi connectivity index (χ0) is 16.1. The van der Waals surface area contributed by atoms with Crippen LogP contribution in [0.3, 0.4) is 0 Å². The van der Waals surface area contributed by atoms with E-state index in [0.717, 1.165) is 29.5 Å². The number of hydrogen-bond donors (Lipinski definition) is 1. The fourth-order valence-electron chi connectivity index (χ4n) is 2.14.